The second-order valence-electron chi connectivity index (χ2n) is 11.4. The molecule has 0 bridgehead atoms. The van der Waals surface area contributed by atoms with E-state index in [0.717, 1.165) is 38.8 Å². The normalized spacial score (nSPS) is 18.8. The van der Waals surface area contributed by atoms with Crippen LogP contribution in [0.5, 0.6) is 0 Å². The quantitative estimate of drug-likeness (QED) is 0.144. The summed E-state index contributed by atoms with van der Waals surface area (Å²) in [6.07, 6.45) is 20.0. The molecule has 0 aromatic rings. The van der Waals surface area contributed by atoms with Crippen LogP contribution in [0.3, 0.4) is 0 Å². The third kappa shape index (κ3) is 14.0. The Kier molecular flexibility index (Phi) is 17.2. The van der Waals surface area contributed by atoms with Crippen molar-refractivity contribution in [2.24, 2.45) is 5.92 Å². The molecule has 0 aliphatic carbocycles. The van der Waals surface area contributed by atoms with E-state index in [4.69, 9.17) is 9.47 Å². The number of rotatable bonds is 20. The van der Waals surface area contributed by atoms with Gasteiger partial charge in [0.2, 0.25) is 0 Å². The molecule has 1 heterocycles. The van der Waals surface area contributed by atoms with Crippen LogP contribution in [0, 0.1) is 5.92 Å². The minimum Gasteiger partial charge on any atom is -0.460 e. The van der Waals surface area contributed by atoms with Crippen LogP contribution in [0.4, 0.5) is 0 Å². The highest BCUT2D eigenvalue weighted by Gasteiger charge is 2.34. The Morgan fingerprint density at radius 1 is 0.912 bits per heavy atom. The van der Waals surface area contributed by atoms with Crippen molar-refractivity contribution in [1.82, 2.24) is 10.4 Å². The van der Waals surface area contributed by atoms with E-state index in [1.54, 1.807) is 7.11 Å². The third-order valence-corrected chi connectivity index (χ3v) is 6.98. The fourth-order valence-corrected chi connectivity index (χ4v) is 5.14. The van der Waals surface area contributed by atoms with Gasteiger partial charge in [-0.3, -0.25) is 10.2 Å². The standard InChI is InChI=1S/C29H58N2O3/c1-7-9-10-11-12-13-14-15-16-17-18-22-27(30-31-23-19-21-25(31)24-33-6)26(20-8-2)28(32)34-29(3,4)5/h25-27,30H,7-24H2,1-6H3/t25-,26-,27-/m0/s1. The number of hydrogen-bond acceptors (Lipinski definition) is 5. The summed E-state index contributed by atoms with van der Waals surface area (Å²) in [5.41, 5.74) is 3.34. The number of hydrazine groups is 1. The summed E-state index contributed by atoms with van der Waals surface area (Å²) in [5.74, 6) is -0.145. The first-order valence-electron chi connectivity index (χ1n) is 14.6. The molecule has 1 aliphatic heterocycles. The van der Waals surface area contributed by atoms with Gasteiger partial charge in [0.25, 0.3) is 0 Å². The van der Waals surface area contributed by atoms with Crippen LogP contribution >= 0.6 is 0 Å². The minimum absolute atomic E-state index is 0.0441. The molecule has 1 aliphatic rings. The lowest BCUT2D eigenvalue weighted by Gasteiger charge is -2.35. The lowest BCUT2D eigenvalue weighted by Crippen LogP contribution is -2.53. The molecule has 5 nitrogen and oxygen atoms in total. The molecule has 1 N–H and O–H groups in total. The second-order valence-corrected chi connectivity index (χ2v) is 11.4. The van der Waals surface area contributed by atoms with Crippen LogP contribution in [-0.4, -0.2) is 48.9 Å². The van der Waals surface area contributed by atoms with Crippen molar-refractivity contribution in [3.05, 3.63) is 0 Å². The number of unbranched alkanes of at least 4 members (excludes halogenated alkanes) is 10. The molecule has 3 atom stereocenters. The number of ether oxygens (including phenoxy) is 2. The molecule has 0 aromatic heterocycles. The number of carbonyl (C=O) groups excluding carboxylic acids is 1. The van der Waals surface area contributed by atoms with E-state index in [-0.39, 0.29) is 17.9 Å². The Bertz CT molecular complexity index is 506. The molecule has 0 spiro atoms. The molecule has 0 amide bonds. The van der Waals surface area contributed by atoms with Gasteiger partial charge in [-0.25, -0.2) is 5.01 Å². The van der Waals surface area contributed by atoms with Crippen molar-refractivity contribution in [2.45, 2.75) is 155 Å². The highest BCUT2D eigenvalue weighted by atomic mass is 16.6. The predicted octanol–water partition coefficient (Wildman–Crippen LogP) is 7.43. The summed E-state index contributed by atoms with van der Waals surface area (Å²) >= 11 is 0. The van der Waals surface area contributed by atoms with E-state index >= 15 is 0 Å². The highest BCUT2D eigenvalue weighted by molar-refractivity contribution is 5.73. The van der Waals surface area contributed by atoms with E-state index in [2.05, 4.69) is 24.3 Å². The van der Waals surface area contributed by atoms with Crippen LogP contribution in [0.1, 0.15) is 137 Å². The fourth-order valence-electron chi connectivity index (χ4n) is 5.14. The van der Waals surface area contributed by atoms with E-state index < -0.39 is 5.60 Å². The van der Waals surface area contributed by atoms with Crippen molar-refractivity contribution >= 4 is 5.97 Å². The largest absolute Gasteiger partial charge is 0.460 e. The number of carbonyl (C=O) groups is 1. The zero-order valence-corrected chi connectivity index (χ0v) is 23.6. The van der Waals surface area contributed by atoms with Gasteiger partial charge in [-0.1, -0.05) is 90.9 Å². The number of hydrogen-bond donors (Lipinski definition) is 1. The number of methoxy groups -OCH3 is 1. The Labute approximate surface area is 212 Å². The van der Waals surface area contributed by atoms with E-state index in [1.165, 1.54) is 77.0 Å². The lowest BCUT2D eigenvalue weighted by atomic mass is 9.90. The van der Waals surface area contributed by atoms with Crippen molar-refractivity contribution in [3.8, 4) is 0 Å². The van der Waals surface area contributed by atoms with Crippen molar-refractivity contribution in [2.75, 3.05) is 20.3 Å². The molecule has 1 fully saturated rings. The monoisotopic (exact) mass is 482 g/mol. The molecule has 0 unspecified atom stereocenters. The maximum absolute atomic E-state index is 13.2. The predicted molar refractivity (Wildman–Crippen MR) is 144 cm³/mol. The van der Waals surface area contributed by atoms with E-state index in [0.29, 0.717) is 6.04 Å². The lowest BCUT2D eigenvalue weighted by molar-refractivity contribution is -0.162. The first kappa shape index (κ1) is 31.4. The van der Waals surface area contributed by atoms with Gasteiger partial charge in [0.15, 0.2) is 0 Å². The smallest absolute Gasteiger partial charge is 0.311 e. The van der Waals surface area contributed by atoms with Gasteiger partial charge in [0.05, 0.1) is 12.5 Å². The first-order chi connectivity index (χ1) is 16.3. The number of nitrogens with one attached hydrogen (secondary N) is 1. The van der Waals surface area contributed by atoms with Crippen LogP contribution in [0.25, 0.3) is 0 Å². The summed E-state index contributed by atoms with van der Waals surface area (Å²) in [5, 5.41) is 2.35. The van der Waals surface area contributed by atoms with Gasteiger partial charge < -0.3 is 9.47 Å². The fraction of sp³-hybridized carbons (Fsp3) is 0.966. The topological polar surface area (TPSA) is 50.8 Å². The Hall–Kier alpha value is -0.650. The summed E-state index contributed by atoms with van der Waals surface area (Å²) in [6.45, 7) is 12.1. The highest BCUT2D eigenvalue weighted by Crippen LogP contribution is 2.25. The Balaban J connectivity index is 2.57. The summed E-state index contributed by atoms with van der Waals surface area (Å²) in [7, 11) is 1.78. The van der Waals surface area contributed by atoms with Gasteiger partial charge in [-0.2, -0.15) is 0 Å². The average molecular weight is 483 g/mol. The Morgan fingerprint density at radius 2 is 1.50 bits per heavy atom. The Morgan fingerprint density at radius 3 is 2.03 bits per heavy atom. The molecule has 0 radical (unpaired) electrons. The van der Waals surface area contributed by atoms with Crippen molar-refractivity contribution in [3.63, 3.8) is 0 Å². The third-order valence-electron chi connectivity index (χ3n) is 6.98. The maximum Gasteiger partial charge on any atom is 0.311 e. The van der Waals surface area contributed by atoms with Gasteiger partial charge in [-0.05, 0) is 46.5 Å². The van der Waals surface area contributed by atoms with E-state index in [1.807, 2.05) is 20.8 Å². The molecule has 0 saturated carbocycles. The SMILES string of the molecule is CCCCCCCCCCCCC[C@H](NN1CCC[C@H]1COC)[C@H](CCC)C(=O)OC(C)(C)C. The average Bonchev–Trinajstić information content (AvgIpc) is 3.20. The van der Waals surface area contributed by atoms with Crippen LogP contribution in [0.15, 0.2) is 0 Å². The zero-order valence-electron chi connectivity index (χ0n) is 23.6. The summed E-state index contributed by atoms with van der Waals surface area (Å²) < 4.78 is 11.3. The molecule has 1 rings (SSSR count). The first-order valence-corrected chi connectivity index (χ1v) is 14.6. The maximum atomic E-state index is 13.2. The molecule has 5 heteroatoms. The molecular weight excluding hydrogens is 424 g/mol. The molecule has 34 heavy (non-hydrogen) atoms. The van der Waals surface area contributed by atoms with Crippen LogP contribution in [0.2, 0.25) is 0 Å². The molecule has 202 valence electrons. The number of esters is 1. The zero-order chi connectivity index (χ0) is 25.2. The van der Waals surface area contributed by atoms with Crippen molar-refractivity contribution in [1.29, 1.82) is 0 Å². The molecular formula is C29H58N2O3. The summed E-state index contributed by atoms with van der Waals surface area (Å²) in [4.78, 5) is 13.2. The van der Waals surface area contributed by atoms with Crippen LogP contribution < -0.4 is 5.43 Å². The summed E-state index contributed by atoms with van der Waals surface area (Å²) in [6, 6.07) is 0.525. The van der Waals surface area contributed by atoms with Crippen molar-refractivity contribution < 1.29 is 14.3 Å². The van der Waals surface area contributed by atoms with Gasteiger partial charge in [0, 0.05) is 25.7 Å². The molecule has 1 saturated heterocycles. The second kappa shape index (κ2) is 18.6. The van der Waals surface area contributed by atoms with Gasteiger partial charge in [0.1, 0.15) is 5.60 Å². The van der Waals surface area contributed by atoms with Gasteiger partial charge >= 0.3 is 5.97 Å². The van der Waals surface area contributed by atoms with Gasteiger partial charge in [-0.15, -0.1) is 0 Å². The van der Waals surface area contributed by atoms with Crippen LogP contribution in [-0.2, 0) is 14.3 Å². The minimum atomic E-state index is -0.448. The number of nitrogens with zero attached hydrogens (tertiary/aromatic N) is 1. The molecule has 0 aromatic carbocycles. The van der Waals surface area contributed by atoms with E-state index in [9.17, 15) is 4.79 Å².